The molecule has 2 unspecified atom stereocenters. The van der Waals surface area contributed by atoms with Crippen LogP contribution in [0.3, 0.4) is 0 Å². The molecular weight excluding hydrogens is 240 g/mol. The maximum atomic E-state index is 5.44. The van der Waals surface area contributed by atoms with Crippen molar-refractivity contribution >= 4 is 22.1 Å². The van der Waals surface area contributed by atoms with Gasteiger partial charge in [-0.2, -0.15) is 0 Å². The first kappa shape index (κ1) is 11.0. The summed E-state index contributed by atoms with van der Waals surface area (Å²) >= 11 is 0. The van der Waals surface area contributed by atoms with Crippen LogP contribution in [-0.4, -0.2) is 33.1 Å². The van der Waals surface area contributed by atoms with Crippen LogP contribution in [-0.2, 0) is 4.74 Å². The molecule has 0 saturated heterocycles. The molecule has 5 heteroatoms. The molecule has 0 bridgehead atoms. The molecule has 0 spiro atoms. The number of fused-ring (bicyclic) bond motifs is 3. The summed E-state index contributed by atoms with van der Waals surface area (Å²) in [6.07, 6.45) is 7.46. The molecular formula is C14H16N4O. The van der Waals surface area contributed by atoms with Gasteiger partial charge < -0.3 is 14.7 Å². The Bertz CT molecular complexity index is 729. The van der Waals surface area contributed by atoms with Gasteiger partial charge >= 0.3 is 0 Å². The molecule has 19 heavy (non-hydrogen) atoms. The minimum Gasteiger partial charge on any atom is -0.381 e. The quantitative estimate of drug-likeness (QED) is 0.740. The number of pyridine rings is 1. The van der Waals surface area contributed by atoms with Crippen molar-refractivity contribution < 1.29 is 4.74 Å². The fourth-order valence-corrected chi connectivity index (χ4v) is 3.09. The Morgan fingerprint density at radius 1 is 1.37 bits per heavy atom. The highest BCUT2D eigenvalue weighted by Gasteiger charge is 2.28. The van der Waals surface area contributed by atoms with Crippen molar-refractivity contribution in [2.24, 2.45) is 0 Å². The summed E-state index contributed by atoms with van der Waals surface area (Å²) in [5.74, 6) is 1.55. The lowest BCUT2D eigenvalue weighted by Crippen LogP contribution is -2.04. The molecule has 1 saturated carbocycles. The van der Waals surface area contributed by atoms with Gasteiger partial charge in [-0.25, -0.2) is 9.97 Å². The average molecular weight is 256 g/mol. The molecule has 4 rings (SSSR count). The summed E-state index contributed by atoms with van der Waals surface area (Å²) < 4.78 is 5.44. The van der Waals surface area contributed by atoms with E-state index in [9.17, 15) is 0 Å². The standard InChI is InChI=1S/C14H16N4O/c1-19-9-3-2-8(6-9)13-17-11-7-16-14-10(4-5-15-14)12(11)18-13/h4-5,7-9H,2-3,6H2,1H3,(H,15,16)(H,17,18). The summed E-state index contributed by atoms with van der Waals surface area (Å²) in [6, 6.07) is 2.03. The van der Waals surface area contributed by atoms with E-state index < -0.39 is 0 Å². The second kappa shape index (κ2) is 4.06. The zero-order valence-electron chi connectivity index (χ0n) is 10.8. The van der Waals surface area contributed by atoms with Gasteiger partial charge in [-0.05, 0) is 25.3 Å². The maximum absolute atomic E-state index is 5.44. The van der Waals surface area contributed by atoms with Crippen molar-refractivity contribution in [3.05, 3.63) is 24.3 Å². The lowest BCUT2D eigenvalue weighted by molar-refractivity contribution is 0.107. The van der Waals surface area contributed by atoms with Crippen molar-refractivity contribution in [3.8, 4) is 0 Å². The van der Waals surface area contributed by atoms with E-state index in [-0.39, 0.29) is 0 Å². The van der Waals surface area contributed by atoms with E-state index >= 15 is 0 Å². The van der Waals surface area contributed by atoms with Crippen LogP contribution in [0, 0.1) is 0 Å². The van der Waals surface area contributed by atoms with Gasteiger partial charge in [0.2, 0.25) is 0 Å². The van der Waals surface area contributed by atoms with Gasteiger partial charge in [0.1, 0.15) is 17.0 Å². The van der Waals surface area contributed by atoms with Crippen LogP contribution in [0.25, 0.3) is 22.1 Å². The molecule has 3 aromatic rings. The van der Waals surface area contributed by atoms with E-state index in [1.165, 1.54) is 0 Å². The number of aromatic amines is 2. The first-order valence-corrected chi connectivity index (χ1v) is 6.69. The summed E-state index contributed by atoms with van der Waals surface area (Å²) in [7, 11) is 1.79. The number of aromatic nitrogens is 4. The Kier molecular flexibility index (Phi) is 2.35. The third-order valence-corrected chi connectivity index (χ3v) is 4.16. The molecule has 2 N–H and O–H groups in total. The number of ether oxygens (including phenoxy) is 1. The molecule has 2 atom stereocenters. The summed E-state index contributed by atoms with van der Waals surface area (Å²) in [5, 5.41) is 1.08. The van der Waals surface area contributed by atoms with E-state index in [0.29, 0.717) is 12.0 Å². The van der Waals surface area contributed by atoms with Crippen molar-refractivity contribution in [2.45, 2.75) is 31.3 Å². The lowest BCUT2D eigenvalue weighted by atomic mass is 10.1. The normalized spacial score (nSPS) is 23.6. The van der Waals surface area contributed by atoms with E-state index in [1.807, 2.05) is 18.5 Å². The summed E-state index contributed by atoms with van der Waals surface area (Å²) in [6.45, 7) is 0. The van der Waals surface area contributed by atoms with Crippen LogP contribution in [0.1, 0.15) is 31.0 Å². The Labute approximate surface area is 110 Å². The zero-order chi connectivity index (χ0) is 12.8. The number of methoxy groups -OCH3 is 1. The Balaban J connectivity index is 1.79. The minimum absolute atomic E-state index is 0.378. The highest BCUT2D eigenvalue weighted by molar-refractivity contribution is 6.00. The number of hydrogen-bond acceptors (Lipinski definition) is 3. The van der Waals surface area contributed by atoms with E-state index in [2.05, 4.69) is 15.0 Å². The van der Waals surface area contributed by atoms with Gasteiger partial charge in [0.25, 0.3) is 0 Å². The van der Waals surface area contributed by atoms with Crippen LogP contribution < -0.4 is 0 Å². The first-order valence-electron chi connectivity index (χ1n) is 6.69. The predicted octanol–water partition coefficient (Wildman–Crippen LogP) is 2.72. The fourth-order valence-electron chi connectivity index (χ4n) is 3.09. The SMILES string of the molecule is COC1CCC(c2nc3c(cnc4[nH]ccc43)[nH]2)C1. The van der Waals surface area contributed by atoms with E-state index in [1.54, 1.807) is 7.11 Å². The monoisotopic (exact) mass is 256 g/mol. The number of hydrogen-bond donors (Lipinski definition) is 2. The van der Waals surface area contributed by atoms with Gasteiger partial charge in [-0.3, -0.25) is 0 Å². The highest BCUT2D eigenvalue weighted by atomic mass is 16.5. The lowest BCUT2D eigenvalue weighted by Gasteiger charge is -2.06. The molecule has 1 fully saturated rings. The average Bonchev–Trinajstić information content (AvgIpc) is 3.15. The maximum Gasteiger partial charge on any atom is 0.139 e. The van der Waals surface area contributed by atoms with Crippen molar-refractivity contribution in [3.63, 3.8) is 0 Å². The zero-order valence-corrected chi connectivity index (χ0v) is 10.8. The second-order valence-electron chi connectivity index (χ2n) is 5.25. The molecule has 3 aromatic heterocycles. The van der Waals surface area contributed by atoms with Gasteiger partial charge in [0.05, 0.1) is 17.8 Å². The summed E-state index contributed by atoms with van der Waals surface area (Å²) in [5.41, 5.74) is 2.93. The molecule has 0 amide bonds. The van der Waals surface area contributed by atoms with Crippen LogP contribution >= 0.6 is 0 Å². The largest absolute Gasteiger partial charge is 0.381 e. The van der Waals surface area contributed by atoms with Crippen LogP contribution in [0.15, 0.2) is 18.5 Å². The van der Waals surface area contributed by atoms with Gasteiger partial charge in [0.15, 0.2) is 0 Å². The van der Waals surface area contributed by atoms with Crippen molar-refractivity contribution in [1.82, 2.24) is 19.9 Å². The molecule has 1 aliphatic rings. The molecule has 1 aliphatic carbocycles. The van der Waals surface area contributed by atoms with Crippen LogP contribution in [0.4, 0.5) is 0 Å². The van der Waals surface area contributed by atoms with E-state index in [4.69, 9.17) is 9.72 Å². The fraction of sp³-hybridized carbons (Fsp3) is 0.429. The molecule has 0 radical (unpaired) electrons. The number of imidazole rings is 1. The van der Waals surface area contributed by atoms with Gasteiger partial charge in [0, 0.05) is 24.6 Å². The molecule has 3 heterocycles. The second-order valence-corrected chi connectivity index (χ2v) is 5.25. The number of rotatable bonds is 2. The number of nitrogens with one attached hydrogen (secondary N) is 2. The number of nitrogens with zero attached hydrogens (tertiary/aromatic N) is 2. The summed E-state index contributed by atoms with van der Waals surface area (Å²) in [4.78, 5) is 15.7. The Hall–Kier alpha value is -1.88. The highest BCUT2D eigenvalue weighted by Crippen LogP contribution is 2.35. The molecule has 5 nitrogen and oxygen atoms in total. The Morgan fingerprint density at radius 2 is 2.32 bits per heavy atom. The number of H-pyrrole nitrogens is 2. The Morgan fingerprint density at radius 3 is 3.16 bits per heavy atom. The van der Waals surface area contributed by atoms with Crippen LogP contribution in [0.5, 0.6) is 0 Å². The van der Waals surface area contributed by atoms with Crippen LogP contribution in [0.2, 0.25) is 0 Å². The van der Waals surface area contributed by atoms with Crippen molar-refractivity contribution in [2.75, 3.05) is 7.11 Å². The van der Waals surface area contributed by atoms with Gasteiger partial charge in [-0.1, -0.05) is 0 Å². The molecule has 0 aromatic carbocycles. The third-order valence-electron chi connectivity index (χ3n) is 4.16. The smallest absolute Gasteiger partial charge is 0.139 e. The minimum atomic E-state index is 0.378. The molecule has 98 valence electrons. The molecule has 0 aliphatic heterocycles. The van der Waals surface area contributed by atoms with Gasteiger partial charge in [-0.15, -0.1) is 0 Å². The van der Waals surface area contributed by atoms with Crippen molar-refractivity contribution in [1.29, 1.82) is 0 Å². The topological polar surface area (TPSA) is 66.6 Å². The third kappa shape index (κ3) is 1.65. The van der Waals surface area contributed by atoms with E-state index in [0.717, 1.165) is 47.2 Å². The first-order chi connectivity index (χ1) is 9.35. The predicted molar refractivity (Wildman–Crippen MR) is 73.1 cm³/mol.